The molecular weight excluding hydrogens is 460 g/mol. The van der Waals surface area contributed by atoms with Crippen molar-refractivity contribution in [3.8, 4) is 17.2 Å². The third kappa shape index (κ3) is 4.86. The lowest BCUT2D eigenvalue weighted by Crippen LogP contribution is -2.22. The Morgan fingerprint density at radius 2 is 1.69 bits per heavy atom. The van der Waals surface area contributed by atoms with E-state index in [1.54, 1.807) is 4.40 Å². The average Bonchev–Trinajstić information content (AvgIpc) is 3.33. The molecule has 6 nitrogen and oxygen atoms in total. The number of para-hydroxylation sites is 2. The second-order valence-electron chi connectivity index (χ2n) is 8.29. The number of fused-ring (bicyclic) bond motifs is 3. The minimum absolute atomic E-state index is 0.0690. The molecule has 7 heteroatoms. The quantitative estimate of drug-likeness (QED) is 0.291. The van der Waals surface area contributed by atoms with Gasteiger partial charge in [-0.15, -0.1) is 0 Å². The third-order valence-corrected chi connectivity index (χ3v) is 6.48. The lowest BCUT2D eigenvalue weighted by molar-refractivity contribution is 0.208. The van der Waals surface area contributed by atoms with E-state index in [9.17, 15) is 4.79 Å². The van der Waals surface area contributed by atoms with Crippen molar-refractivity contribution in [3.05, 3.63) is 92.2 Å². The zero-order chi connectivity index (χ0) is 24.4. The van der Waals surface area contributed by atoms with Crippen LogP contribution in [0.2, 0.25) is 0 Å². The summed E-state index contributed by atoms with van der Waals surface area (Å²) in [5.74, 6) is 2.11. The van der Waals surface area contributed by atoms with E-state index in [0.29, 0.717) is 40.8 Å². The van der Waals surface area contributed by atoms with Gasteiger partial charge in [-0.05, 0) is 79.9 Å². The lowest BCUT2D eigenvalue weighted by Gasteiger charge is -2.13. The summed E-state index contributed by atoms with van der Waals surface area (Å²) < 4.78 is 19.9. The van der Waals surface area contributed by atoms with Gasteiger partial charge < -0.3 is 14.2 Å². The summed E-state index contributed by atoms with van der Waals surface area (Å²) in [6, 6.07) is 19.5. The molecule has 5 rings (SSSR count). The van der Waals surface area contributed by atoms with E-state index >= 15 is 0 Å². The Morgan fingerprint density at radius 1 is 0.914 bits per heavy atom. The van der Waals surface area contributed by atoms with Gasteiger partial charge in [0.05, 0.1) is 22.2 Å². The Hall–Kier alpha value is -3.84. The van der Waals surface area contributed by atoms with Crippen LogP contribution in [0.15, 0.2) is 65.5 Å². The summed E-state index contributed by atoms with van der Waals surface area (Å²) in [4.78, 5) is 18.3. The first kappa shape index (κ1) is 22.9. The van der Waals surface area contributed by atoms with Crippen molar-refractivity contribution in [2.24, 2.45) is 0 Å². The van der Waals surface area contributed by atoms with Gasteiger partial charge in [-0.2, -0.15) is 0 Å². The predicted octanol–water partition coefficient (Wildman–Crippen LogP) is 4.93. The molecule has 0 aliphatic heterocycles. The topological polar surface area (TPSA) is 62.1 Å². The van der Waals surface area contributed by atoms with Gasteiger partial charge in [-0.1, -0.05) is 35.6 Å². The molecule has 0 aliphatic rings. The second-order valence-corrected chi connectivity index (χ2v) is 9.30. The smallest absolute Gasteiger partial charge is 0.274 e. The van der Waals surface area contributed by atoms with E-state index < -0.39 is 0 Å². The van der Waals surface area contributed by atoms with Crippen molar-refractivity contribution in [2.45, 2.75) is 20.8 Å². The van der Waals surface area contributed by atoms with Gasteiger partial charge in [-0.25, -0.2) is 9.38 Å². The standard InChI is InChI=1S/C28H26N2O4S/c1-4-32-25-16-20(9-10-24(25)34-12-11-33-21-14-18(2)13-19(3)15-21)17-26-27(31)30-23-8-6-5-7-22(23)29-28(30)35-26/h5-10,13-17H,4,11-12H2,1-3H3. The highest BCUT2D eigenvalue weighted by Gasteiger charge is 2.11. The summed E-state index contributed by atoms with van der Waals surface area (Å²) in [6.07, 6.45) is 1.87. The highest BCUT2D eigenvalue weighted by molar-refractivity contribution is 7.15. The Morgan fingerprint density at radius 3 is 2.49 bits per heavy atom. The molecule has 0 saturated carbocycles. The summed E-state index contributed by atoms with van der Waals surface area (Å²) >= 11 is 1.38. The number of thiazole rings is 1. The fourth-order valence-electron chi connectivity index (χ4n) is 4.09. The number of imidazole rings is 1. The summed E-state index contributed by atoms with van der Waals surface area (Å²) in [5.41, 5.74) is 4.77. The minimum atomic E-state index is -0.0690. The Bertz CT molecular complexity index is 1600. The number of aromatic nitrogens is 2. The third-order valence-electron chi connectivity index (χ3n) is 5.52. The molecule has 0 amide bonds. The highest BCUT2D eigenvalue weighted by atomic mass is 32.1. The SMILES string of the molecule is CCOc1cc(C=c2sc3nc4ccccc4n3c2=O)ccc1OCCOc1cc(C)cc(C)c1. The zero-order valence-corrected chi connectivity index (χ0v) is 20.7. The molecule has 0 bridgehead atoms. The second kappa shape index (κ2) is 9.80. The molecule has 35 heavy (non-hydrogen) atoms. The van der Waals surface area contributed by atoms with Crippen LogP contribution in [-0.4, -0.2) is 29.2 Å². The molecular formula is C28H26N2O4S. The molecule has 0 radical (unpaired) electrons. The molecule has 178 valence electrons. The van der Waals surface area contributed by atoms with Crippen molar-refractivity contribution in [3.63, 3.8) is 0 Å². The molecule has 0 fully saturated rings. The van der Waals surface area contributed by atoms with Crippen LogP contribution in [0.4, 0.5) is 0 Å². The Kier molecular flexibility index (Phi) is 6.42. The molecule has 0 spiro atoms. The van der Waals surface area contributed by atoms with Gasteiger partial charge in [0.15, 0.2) is 16.5 Å². The highest BCUT2D eigenvalue weighted by Crippen LogP contribution is 2.29. The van der Waals surface area contributed by atoms with Crippen molar-refractivity contribution in [1.29, 1.82) is 0 Å². The van der Waals surface area contributed by atoms with Gasteiger partial charge in [-0.3, -0.25) is 4.79 Å². The van der Waals surface area contributed by atoms with Crippen LogP contribution in [0.3, 0.4) is 0 Å². The van der Waals surface area contributed by atoms with E-state index in [-0.39, 0.29) is 5.56 Å². The zero-order valence-electron chi connectivity index (χ0n) is 19.9. The van der Waals surface area contributed by atoms with Crippen LogP contribution in [0.5, 0.6) is 17.2 Å². The lowest BCUT2D eigenvalue weighted by atomic mass is 10.1. The van der Waals surface area contributed by atoms with Crippen LogP contribution >= 0.6 is 11.3 Å². The van der Waals surface area contributed by atoms with Crippen molar-refractivity contribution >= 4 is 33.4 Å². The molecule has 0 N–H and O–H groups in total. The number of hydrogen-bond acceptors (Lipinski definition) is 6. The van der Waals surface area contributed by atoms with Crippen LogP contribution in [-0.2, 0) is 0 Å². The van der Waals surface area contributed by atoms with Gasteiger partial charge in [0, 0.05) is 0 Å². The Balaban J connectivity index is 1.35. The summed E-state index contributed by atoms with van der Waals surface area (Å²) in [6.45, 7) is 7.34. The normalized spacial score (nSPS) is 11.9. The van der Waals surface area contributed by atoms with Crippen LogP contribution in [0, 0.1) is 13.8 Å². The monoisotopic (exact) mass is 486 g/mol. The molecule has 0 atom stereocenters. The van der Waals surface area contributed by atoms with Crippen LogP contribution in [0.25, 0.3) is 22.1 Å². The number of ether oxygens (including phenoxy) is 3. The molecule has 0 unspecified atom stereocenters. The first-order chi connectivity index (χ1) is 17.0. The van der Waals surface area contributed by atoms with Gasteiger partial charge in [0.25, 0.3) is 5.56 Å². The van der Waals surface area contributed by atoms with E-state index in [2.05, 4.69) is 24.9 Å². The molecule has 2 heterocycles. The maximum atomic E-state index is 13.1. The van der Waals surface area contributed by atoms with Crippen LogP contribution < -0.4 is 24.3 Å². The number of rotatable bonds is 8. The molecule has 0 saturated heterocycles. The molecule has 5 aromatic rings. The number of aryl methyl sites for hydroxylation is 2. The maximum Gasteiger partial charge on any atom is 0.274 e. The Labute approximate surface area is 207 Å². The largest absolute Gasteiger partial charge is 0.490 e. The van der Waals surface area contributed by atoms with Crippen molar-refractivity contribution in [2.75, 3.05) is 19.8 Å². The molecule has 2 aromatic heterocycles. The maximum absolute atomic E-state index is 13.1. The first-order valence-electron chi connectivity index (χ1n) is 11.5. The van der Waals surface area contributed by atoms with E-state index in [0.717, 1.165) is 22.3 Å². The summed E-state index contributed by atoms with van der Waals surface area (Å²) in [7, 11) is 0. The van der Waals surface area contributed by atoms with E-state index in [4.69, 9.17) is 14.2 Å². The van der Waals surface area contributed by atoms with E-state index in [1.165, 1.54) is 22.5 Å². The number of benzene rings is 3. The summed E-state index contributed by atoms with van der Waals surface area (Å²) in [5, 5.41) is 0. The number of hydrogen-bond donors (Lipinski definition) is 0. The predicted molar refractivity (Wildman–Crippen MR) is 140 cm³/mol. The van der Waals surface area contributed by atoms with E-state index in [1.807, 2.05) is 67.6 Å². The fourth-order valence-corrected chi connectivity index (χ4v) is 5.08. The fraction of sp³-hybridized carbons (Fsp3) is 0.214. The molecule has 0 aliphatic carbocycles. The van der Waals surface area contributed by atoms with Crippen LogP contribution in [0.1, 0.15) is 23.6 Å². The van der Waals surface area contributed by atoms with Gasteiger partial charge in [0.2, 0.25) is 0 Å². The van der Waals surface area contributed by atoms with Gasteiger partial charge in [0.1, 0.15) is 19.0 Å². The first-order valence-corrected chi connectivity index (χ1v) is 12.4. The average molecular weight is 487 g/mol. The minimum Gasteiger partial charge on any atom is -0.490 e. The van der Waals surface area contributed by atoms with Crippen molar-refractivity contribution in [1.82, 2.24) is 9.38 Å². The number of nitrogens with zero attached hydrogens (tertiary/aromatic N) is 2. The molecule has 3 aromatic carbocycles. The van der Waals surface area contributed by atoms with Crippen molar-refractivity contribution < 1.29 is 14.2 Å². The van der Waals surface area contributed by atoms with Gasteiger partial charge >= 0.3 is 0 Å².